The largest absolute Gasteiger partial charge is 0.435 e. The zero-order valence-electron chi connectivity index (χ0n) is 16.2. The number of hydrogen-bond acceptors (Lipinski definition) is 1. The fraction of sp³-hybridized carbons (Fsp3) is 0.280. The standard InChI is InChI=1S/C25H26F2O/c1-2-3-4-19-7-13-22(14-8-19)23-15-9-20(10-16-23)5-6-21-11-17-24(18-12-21)28-25(26)27/h7-18,25H,2-6H2,1H3. The van der Waals surface area contributed by atoms with Crippen LogP contribution in [0.1, 0.15) is 36.5 Å². The third kappa shape index (κ3) is 5.91. The van der Waals surface area contributed by atoms with Crippen LogP contribution in [0.4, 0.5) is 8.78 Å². The minimum absolute atomic E-state index is 0.198. The first-order valence-corrected chi connectivity index (χ1v) is 9.86. The molecule has 3 heteroatoms. The second kappa shape index (κ2) is 10.0. The predicted octanol–water partition coefficient (Wildman–Crippen LogP) is 7.08. The molecule has 0 aliphatic heterocycles. The number of hydrogen-bond donors (Lipinski definition) is 0. The Morgan fingerprint density at radius 3 is 1.50 bits per heavy atom. The molecule has 1 nitrogen and oxygen atoms in total. The molecule has 0 aromatic heterocycles. The molecule has 0 atom stereocenters. The number of alkyl halides is 2. The van der Waals surface area contributed by atoms with Crippen LogP contribution in [0.15, 0.2) is 72.8 Å². The molecule has 0 fully saturated rings. The molecule has 3 rings (SSSR count). The van der Waals surface area contributed by atoms with Gasteiger partial charge in [-0.1, -0.05) is 74.0 Å². The highest BCUT2D eigenvalue weighted by Crippen LogP contribution is 2.22. The SMILES string of the molecule is CCCCc1ccc(-c2ccc(CCc3ccc(OC(F)F)cc3)cc2)cc1. The molecule has 0 heterocycles. The van der Waals surface area contributed by atoms with Crippen molar-refractivity contribution in [2.24, 2.45) is 0 Å². The Morgan fingerprint density at radius 2 is 1.07 bits per heavy atom. The minimum atomic E-state index is -2.78. The van der Waals surface area contributed by atoms with Crippen LogP contribution in [0.3, 0.4) is 0 Å². The van der Waals surface area contributed by atoms with Crippen molar-refractivity contribution < 1.29 is 13.5 Å². The number of halogens is 2. The van der Waals surface area contributed by atoms with Crippen LogP contribution in [0.5, 0.6) is 5.75 Å². The highest BCUT2D eigenvalue weighted by molar-refractivity contribution is 5.64. The molecule has 3 aromatic rings. The fourth-order valence-electron chi connectivity index (χ4n) is 3.23. The Labute approximate surface area is 166 Å². The lowest BCUT2D eigenvalue weighted by atomic mass is 9.99. The number of unbranched alkanes of at least 4 members (excludes halogenated alkanes) is 1. The molecule has 0 saturated heterocycles. The van der Waals surface area contributed by atoms with Gasteiger partial charge in [-0.2, -0.15) is 8.78 Å². The smallest absolute Gasteiger partial charge is 0.387 e. The first-order valence-electron chi connectivity index (χ1n) is 9.86. The monoisotopic (exact) mass is 380 g/mol. The van der Waals surface area contributed by atoms with Gasteiger partial charge in [-0.15, -0.1) is 0 Å². The Morgan fingerprint density at radius 1 is 0.643 bits per heavy atom. The van der Waals surface area contributed by atoms with Crippen molar-refractivity contribution in [2.75, 3.05) is 0 Å². The molecule has 0 aliphatic carbocycles. The van der Waals surface area contributed by atoms with Gasteiger partial charge in [0.1, 0.15) is 5.75 Å². The lowest BCUT2D eigenvalue weighted by Gasteiger charge is -2.08. The average Bonchev–Trinajstić information content (AvgIpc) is 2.72. The molecular weight excluding hydrogens is 354 g/mol. The summed E-state index contributed by atoms with van der Waals surface area (Å²) in [7, 11) is 0. The summed E-state index contributed by atoms with van der Waals surface area (Å²) in [5.74, 6) is 0.198. The van der Waals surface area contributed by atoms with Gasteiger partial charge < -0.3 is 4.74 Å². The third-order valence-electron chi connectivity index (χ3n) is 4.91. The summed E-state index contributed by atoms with van der Waals surface area (Å²) in [5, 5.41) is 0. The van der Waals surface area contributed by atoms with Crippen LogP contribution in [-0.4, -0.2) is 6.61 Å². The first kappa shape index (κ1) is 20.1. The molecule has 0 amide bonds. The molecule has 0 N–H and O–H groups in total. The molecular formula is C25H26F2O. The van der Waals surface area contributed by atoms with E-state index in [-0.39, 0.29) is 5.75 Å². The third-order valence-corrected chi connectivity index (χ3v) is 4.91. The molecule has 0 saturated carbocycles. The van der Waals surface area contributed by atoms with E-state index in [1.807, 2.05) is 12.1 Å². The van der Waals surface area contributed by atoms with E-state index in [1.54, 1.807) is 12.1 Å². The van der Waals surface area contributed by atoms with E-state index < -0.39 is 6.61 Å². The van der Waals surface area contributed by atoms with Gasteiger partial charge in [0.05, 0.1) is 0 Å². The Balaban J connectivity index is 1.55. The average molecular weight is 380 g/mol. The van der Waals surface area contributed by atoms with Gasteiger partial charge in [-0.3, -0.25) is 0 Å². The summed E-state index contributed by atoms with van der Waals surface area (Å²) in [6.45, 7) is -0.566. The van der Waals surface area contributed by atoms with Crippen molar-refractivity contribution in [1.82, 2.24) is 0 Å². The summed E-state index contributed by atoms with van der Waals surface area (Å²) >= 11 is 0. The number of benzene rings is 3. The highest BCUT2D eigenvalue weighted by atomic mass is 19.3. The van der Waals surface area contributed by atoms with Crippen molar-refractivity contribution in [3.63, 3.8) is 0 Å². The van der Waals surface area contributed by atoms with Crippen LogP contribution in [0, 0.1) is 0 Å². The molecule has 0 spiro atoms. The van der Waals surface area contributed by atoms with E-state index in [0.717, 1.165) is 24.8 Å². The van der Waals surface area contributed by atoms with E-state index in [4.69, 9.17) is 0 Å². The molecule has 0 aliphatic rings. The van der Waals surface area contributed by atoms with Crippen LogP contribution >= 0.6 is 0 Å². The van der Waals surface area contributed by atoms with Crippen LogP contribution in [0.2, 0.25) is 0 Å². The maximum atomic E-state index is 12.2. The van der Waals surface area contributed by atoms with Crippen molar-refractivity contribution in [2.45, 2.75) is 45.6 Å². The summed E-state index contributed by atoms with van der Waals surface area (Å²) < 4.78 is 28.8. The fourth-order valence-corrected chi connectivity index (χ4v) is 3.23. The zero-order valence-corrected chi connectivity index (χ0v) is 16.2. The predicted molar refractivity (Wildman–Crippen MR) is 111 cm³/mol. The Bertz CT molecular complexity index is 837. The van der Waals surface area contributed by atoms with Crippen molar-refractivity contribution in [3.05, 3.63) is 89.5 Å². The van der Waals surface area contributed by atoms with Gasteiger partial charge in [-0.25, -0.2) is 0 Å². The number of aryl methyl sites for hydroxylation is 3. The maximum Gasteiger partial charge on any atom is 0.387 e. The van der Waals surface area contributed by atoms with E-state index in [1.165, 1.54) is 35.1 Å². The van der Waals surface area contributed by atoms with Gasteiger partial charge in [0, 0.05) is 0 Å². The zero-order chi connectivity index (χ0) is 19.8. The Hall–Kier alpha value is -2.68. The van der Waals surface area contributed by atoms with Gasteiger partial charge in [0.15, 0.2) is 0 Å². The van der Waals surface area contributed by atoms with Crippen molar-refractivity contribution in [1.29, 1.82) is 0 Å². The van der Waals surface area contributed by atoms with Gasteiger partial charge >= 0.3 is 6.61 Å². The van der Waals surface area contributed by atoms with Crippen LogP contribution in [-0.2, 0) is 19.3 Å². The number of ether oxygens (including phenoxy) is 1. The van der Waals surface area contributed by atoms with E-state index in [0.29, 0.717) is 0 Å². The maximum absolute atomic E-state index is 12.2. The molecule has 3 aromatic carbocycles. The van der Waals surface area contributed by atoms with E-state index >= 15 is 0 Å². The van der Waals surface area contributed by atoms with Crippen LogP contribution in [0.25, 0.3) is 11.1 Å². The summed E-state index contributed by atoms with van der Waals surface area (Å²) in [4.78, 5) is 0. The lowest BCUT2D eigenvalue weighted by molar-refractivity contribution is -0.0498. The number of rotatable bonds is 9. The van der Waals surface area contributed by atoms with Crippen LogP contribution < -0.4 is 4.74 Å². The quantitative estimate of drug-likeness (QED) is 0.385. The van der Waals surface area contributed by atoms with Gasteiger partial charge in [0.2, 0.25) is 0 Å². The second-order valence-electron chi connectivity index (χ2n) is 7.02. The van der Waals surface area contributed by atoms with Gasteiger partial charge in [-0.05, 0) is 65.6 Å². The summed E-state index contributed by atoms with van der Waals surface area (Å²) in [6, 6.07) is 24.4. The topological polar surface area (TPSA) is 9.23 Å². The molecule has 0 radical (unpaired) electrons. The summed E-state index contributed by atoms with van der Waals surface area (Å²) in [6.07, 6.45) is 5.36. The minimum Gasteiger partial charge on any atom is -0.435 e. The lowest BCUT2D eigenvalue weighted by Crippen LogP contribution is -2.01. The molecule has 0 unspecified atom stereocenters. The summed E-state index contributed by atoms with van der Waals surface area (Å²) in [5.41, 5.74) is 6.22. The van der Waals surface area contributed by atoms with Crippen molar-refractivity contribution in [3.8, 4) is 16.9 Å². The van der Waals surface area contributed by atoms with Gasteiger partial charge in [0.25, 0.3) is 0 Å². The second-order valence-corrected chi connectivity index (χ2v) is 7.02. The normalized spacial score (nSPS) is 11.0. The Kier molecular flexibility index (Phi) is 7.18. The van der Waals surface area contributed by atoms with E-state index in [2.05, 4.69) is 60.2 Å². The molecule has 146 valence electrons. The first-order chi connectivity index (χ1) is 13.6. The van der Waals surface area contributed by atoms with Crippen molar-refractivity contribution >= 4 is 0 Å². The van der Waals surface area contributed by atoms with E-state index in [9.17, 15) is 8.78 Å². The molecule has 28 heavy (non-hydrogen) atoms. The highest BCUT2D eigenvalue weighted by Gasteiger charge is 2.04. The molecule has 0 bridgehead atoms.